The van der Waals surface area contributed by atoms with E-state index < -0.39 is 0 Å². The first-order valence-electron chi connectivity index (χ1n) is 6.51. The topological polar surface area (TPSA) is 12.0 Å². The van der Waals surface area contributed by atoms with Gasteiger partial charge in [0.25, 0.3) is 0 Å². The summed E-state index contributed by atoms with van der Waals surface area (Å²) in [5.41, 5.74) is 1.95. The first-order valence-corrected chi connectivity index (χ1v) is 7.30. The van der Waals surface area contributed by atoms with Crippen LogP contribution < -0.4 is 5.32 Å². The summed E-state index contributed by atoms with van der Waals surface area (Å²) in [6, 6.07) is 9.19. The van der Waals surface area contributed by atoms with Crippen molar-refractivity contribution >= 4 is 15.9 Å². The van der Waals surface area contributed by atoms with E-state index in [0.717, 1.165) is 18.9 Å². The average Bonchev–Trinajstić information content (AvgIpc) is 2.90. The van der Waals surface area contributed by atoms with Gasteiger partial charge in [-0.05, 0) is 42.3 Å². The van der Waals surface area contributed by atoms with E-state index in [1.807, 2.05) is 0 Å². The normalized spacial score (nSPS) is 23.4. The molecule has 1 aliphatic rings. The van der Waals surface area contributed by atoms with Gasteiger partial charge in [0.15, 0.2) is 0 Å². The molecule has 1 fully saturated rings. The fraction of sp³-hybridized carbons (Fsp3) is 0.600. The second kappa shape index (κ2) is 5.11. The van der Waals surface area contributed by atoms with Crippen LogP contribution in [0.25, 0.3) is 0 Å². The molecular weight excluding hydrogens is 274 g/mol. The lowest BCUT2D eigenvalue weighted by Gasteiger charge is -2.20. The molecule has 2 unspecified atom stereocenters. The van der Waals surface area contributed by atoms with Gasteiger partial charge in [-0.3, -0.25) is 0 Å². The third-order valence-corrected chi connectivity index (χ3v) is 4.71. The van der Waals surface area contributed by atoms with Crippen LogP contribution in [0.15, 0.2) is 28.7 Å². The van der Waals surface area contributed by atoms with E-state index in [-0.39, 0.29) is 0 Å². The van der Waals surface area contributed by atoms with Crippen LogP contribution >= 0.6 is 15.9 Å². The smallest absolute Gasteiger partial charge is 0.0207 e. The minimum absolute atomic E-state index is 0.536. The van der Waals surface area contributed by atoms with Crippen molar-refractivity contribution in [1.82, 2.24) is 5.32 Å². The van der Waals surface area contributed by atoms with Crippen molar-refractivity contribution in [3.05, 3.63) is 34.3 Å². The lowest BCUT2D eigenvalue weighted by Crippen LogP contribution is -2.34. The summed E-state index contributed by atoms with van der Waals surface area (Å²) in [5, 5.41) is 3.66. The van der Waals surface area contributed by atoms with Gasteiger partial charge >= 0.3 is 0 Å². The first kappa shape index (κ1) is 13.1. The van der Waals surface area contributed by atoms with Gasteiger partial charge in [-0.25, -0.2) is 0 Å². The highest BCUT2D eigenvalue weighted by Gasteiger charge is 2.49. The van der Waals surface area contributed by atoms with Gasteiger partial charge in [-0.15, -0.1) is 0 Å². The fourth-order valence-electron chi connectivity index (χ4n) is 2.71. The second-order valence-corrected chi connectivity index (χ2v) is 6.61. The summed E-state index contributed by atoms with van der Waals surface area (Å²) in [6.45, 7) is 8.01. The van der Waals surface area contributed by atoms with Gasteiger partial charge in [0.05, 0.1) is 0 Å². The molecule has 0 saturated heterocycles. The highest BCUT2D eigenvalue weighted by molar-refractivity contribution is 9.10. The molecule has 1 N–H and O–H groups in total. The molecule has 0 bridgehead atoms. The van der Waals surface area contributed by atoms with Crippen LogP contribution in [-0.4, -0.2) is 12.6 Å². The van der Waals surface area contributed by atoms with Crippen LogP contribution in [0.2, 0.25) is 0 Å². The molecule has 94 valence electrons. The number of benzene rings is 1. The Bertz CT molecular complexity index is 386. The fourth-order valence-corrected chi connectivity index (χ4v) is 3.16. The van der Waals surface area contributed by atoms with Gasteiger partial charge in [0, 0.05) is 10.5 Å². The molecule has 1 aromatic rings. The molecular formula is C15H22BrN. The highest BCUT2D eigenvalue weighted by atomic mass is 79.9. The molecule has 1 nitrogen and oxygen atoms in total. The van der Waals surface area contributed by atoms with E-state index >= 15 is 0 Å². The molecule has 1 aromatic carbocycles. The second-order valence-electron chi connectivity index (χ2n) is 5.76. The van der Waals surface area contributed by atoms with Crippen molar-refractivity contribution in [1.29, 1.82) is 0 Å². The maximum atomic E-state index is 3.66. The van der Waals surface area contributed by atoms with Gasteiger partial charge in [0.2, 0.25) is 0 Å². The summed E-state index contributed by atoms with van der Waals surface area (Å²) < 4.78 is 1.24. The van der Waals surface area contributed by atoms with Crippen LogP contribution in [0, 0.1) is 11.3 Å². The molecule has 0 heterocycles. The molecule has 17 heavy (non-hydrogen) atoms. The van der Waals surface area contributed by atoms with E-state index in [1.54, 1.807) is 0 Å². The van der Waals surface area contributed by atoms with Gasteiger partial charge < -0.3 is 5.32 Å². The van der Waals surface area contributed by atoms with Crippen LogP contribution in [0.3, 0.4) is 0 Å². The molecule has 1 saturated carbocycles. The Kier molecular flexibility index (Phi) is 3.94. The number of rotatable bonds is 5. The van der Waals surface area contributed by atoms with Crippen LogP contribution in [0.1, 0.15) is 32.8 Å². The Hall–Kier alpha value is -0.340. The standard InChI is InChI=1S/C15H22BrN/c1-4-17-14(12-10-15(12,2)3)9-11-7-5-6-8-13(11)16/h5-8,12,14,17H,4,9-10H2,1-3H3. The predicted octanol–water partition coefficient (Wildman–Crippen LogP) is 4.02. The molecule has 0 radical (unpaired) electrons. The van der Waals surface area contributed by atoms with Gasteiger partial charge in [-0.1, -0.05) is 54.9 Å². The highest BCUT2D eigenvalue weighted by Crippen LogP contribution is 2.54. The third-order valence-electron chi connectivity index (χ3n) is 3.94. The number of likely N-dealkylation sites (N-methyl/N-ethyl adjacent to an activating group) is 1. The van der Waals surface area contributed by atoms with E-state index in [4.69, 9.17) is 0 Å². The Labute approximate surface area is 113 Å². The van der Waals surface area contributed by atoms with Crippen LogP contribution in [0.5, 0.6) is 0 Å². The first-order chi connectivity index (χ1) is 8.04. The zero-order chi connectivity index (χ0) is 12.5. The summed E-state index contributed by atoms with van der Waals surface area (Å²) in [6.07, 6.45) is 2.48. The summed E-state index contributed by atoms with van der Waals surface area (Å²) >= 11 is 3.65. The van der Waals surface area contributed by atoms with Crippen molar-refractivity contribution in [2.45, 2.75) is 39.7 Å². The van der Waals surface area contributed by atoms with Crippen LogP contribution in [-0.2, 0) is 6.42 Å². The zero-order valence-electron chi connectivity index (χ0n) is 11.0. The number of hydrogen-bond donors (Lipinski definition) is 1. The monoisotopic (exact) mass is 295 g/mol. The molecule has 1 aliphatic carbocycles. The zero-order valence-corrected chi connectivity index (χ0v) is 12.5. The molecule has 0 spiro atoms. The van der Waals surface area contributed by atoms with Crippen molar-refractivity contribution in [2.24, 2.45) is 11.3 Å². The average molecular weight is 296 g/mol. The third kappa shape index (κ3) is 3.11. The summed E-state index contributed by atoms with van der Waals surface area (Å²) in [5.74, 6) is 0.828. The molecule has 0 amide bonds. The number of halogens is 1. The minimum Gasteiger partial charge on any atom is -0.314 e. The summed E-state index contributed by atoms with van der Waals surface area (Å²) in [4.78, 5) is 0. The SMILES string of the molecule is CCNC(Cc1ccccc1Br)C1CC1(C)C. The predicted molar refractivity (Wildman–Crippen MR) is 77.2 cm³/mol. The van der Waals surface area contributed by atoms with E-state index in [9.17, 15) is 0 Å². The van der Waals surface area contributed by atoms with E-state index in [0.29, 0.717) is 11.5 Å². The number of nitrogens with one attached hydrogen (secondary N) is 1. The lowest BCUT2D eigenvalue weighted by atomic mass is 9.97. The molecule has 2 atom stereocenters. The molecule has 2 rings (SSSR count). The van der Waals surface area contributed by atoms with Crippen molar-refractivity contribution in [2.75, 3.05) is 6.54 Å². The van der Waals surface area contributed by atoms with Gasteiger partial charge in [-0.2, -0.15) is 0 Å². The molecule has 0 aliphatic heterocycles. The Morgan fingerprint density at radius 1 is 1.41 bits per heavy atom. The van der Waals surface area contributed by atoms with E-state index in [2.05, 4.69) is 66.3 Å². The van der Waals surface area contributed by atoms with Crippen LogP contribution in [0.4, 0.5) is 0 Å². The Morgan fingerprint density at radius 2 is 2.06 bits per heavy atom. The van der Waals surface area contributed by atoms with Gasteiger partial charge in [0.1, 0.15) is 0 Å². The Balaban J connectivity index is 2.06. The van der Waals surface area contributed by atoms with Crippen molar-refractivity contribution < 1.29 is 0 Å². The van der Waals surface area contributed by atoms with E-state index in [1.165, 1.54) is 16.5 Å². The minimum atomic E-state index is 0.536. The number of hydrogen-bond acceptors (Lipinski definition) is 1. The lowest BCUT2D eigenvalue weighted by molar-refractivity contribution is 0.409. The molecule has 2 heteroatoms. The maximum Gasteiger partial charge on any atom is 0.0207 e. The van der Waals surface area contributed by atoms with Crippen molar-refractivity contribution in [3.63, 3.8) is 0 Å². The largest absolute Gasteiger partial charge is 0.314 e. The quantitative estimate of drug-likeness (QED) is 0.865. The Morgan fingerprint density at radius 3 is 2.59 bits per heavy atom. The maximum absolute atomic E-state index is 3.66. The van der Waals surface area contributed by atoms with Crippen molar-refractivity contribution in [3.8, 4) is 0 Å². The molecule has 0 aromatic heterocycles. The summed E-state index contributed by atoms with van der Waals surface area (Å²) in [7, 11) is 0.